The predicted octanol–water partition coefficient (Wildman–Crippen LogP) is 2.06. The summed E-state index contributed by atoms with van der Waals surface area (Å²) in [5, 5.41) is 7.72. The molecule has 0 spiro atoms. The van der Waals surface area contributed by atoms with Gasteiger partial charge in [-0.25, -0.2) is 18.3 Å². The van der Waals surface area contributed by atoms with Gasteiger partial charge in [-0.15, -0.1) is 0 Å². The molecule has 0 aliphatic carbocycles. The number of halogens is 2. The minimum Gasteiger partial charge on any atom is -0.311 e. The van der Waals surface area contributed by atoms with Crippen LogP contribution in [0.25, 0.3) is 5.78 Å². The first-order valence-electron chi connectivity index (χ1n) is 6.97. The molecule has 5 nitrogen and oxygen atoms in total. The van der Waals surface area contributed by atoms with E-state index in [0.29, 0.717) is 12.1 Å². The molecule has 0 radical (unpaired) electrons. The lowest BCUT2D eigenvalue weighted by atomic mass is 9.88. The molecule has 7 heteroatoms. The highest BCUT2D eigenvalue weighted by atomic mass is 19.3. The zero-order chi connectivity index (χ0) is 13.7. The van der Waals surface area contributed by atoms with Crippen molar-refractivity contribution < 1.29 is 8.78 Å². The summed E-state index contributed by atoms with van der Waals surface area (Å²) in [5.74, 6) is 0.469. The average Bonchev–Trinajstić information content (AvgIpc) is 3.05. The highest BCUT2D eigenvalue weighted by Crippen LogP contribution is 2.38. The quantitative estimate of drug-likeness (QED) is 0.914. The number of alkyl halides is 2. The highest BCUT2D eigenvalue weighted by Gasteiger charge is 2.37. The van der Waals surface area contributed by atoms with Gasteiger partial charge in [0.2, 0.25) is 0 Å². The summed E-state index contributed by atoms with van der Waals surface area (Å²) < 4.78 is 27.6. The number of nitrogens with zero attached hydrogens (tertiary/aromatic N) is 4. The maximum absolute atomic E-state index is 13.0. The molecule has 20 heavy (non-hydrogen) atoms. The van der Waals surface area contributed by atoms with Gasteiger partial charge in [-0.2, -0.15) is 10.1 Å². The first kappa shape index (κ1) is 12.1. The number of hydrogen-bond acceptors (Lipinski definition) is 4. The molecule has 2 aliphatic rings. The van der Waals surface area contributed by atoms with E-state index in [4.69, 9.17) is 0 Å². The van der Waals surface area contributed by atoms with Gasteiger partial charge in [0.1, 0.15) is 12.0 Å². The van der Waals surface area contributed by atoms with Crippen LogP contribution in [-0.2, 0) is 0 Å². The van der Waals surface area contributed by atoms with Crippen LogP contribution in [0.1, 0.15) is 49.4 Å². The maximum atomic E-state index is 13.0. The van der Waals surface area contributed by atoms with Crippen LogP contribution in [0.2, 0.25) is 0 Å². The zero-order valence-electron chi connectivity index (χ0n) is 10.8. The number of nitrogens with one attached hydrogen (secondary N) is 1. The Hall–Kier alpha value is -1.63. The van der Waals surface area contributed by atoms with Crippen molar-refractivity contribution in [2.45, 2.75) is 50.1 Å². The molecule has 106 valence electrons. The van der Waals surface area contributed by atoms with Gasteiger partial charge in [0.25, 0.3) is 12.2 Å². The Labute approximate surface area is 114 Å². The second-order valence-corrected chi connectivity index (χ2v) is 5.61. The molecule has 2 aromatic rings. The Morgan fingerprint density at radius 3 is 2.95 bits per heavy atom. The van der Waals surface area contributed by atoms with E-state index in [1.54, 1.807) is 4.52 Å². The molecule has 0 saturated carbocycles. The van der Waals surface area contributed by atoms with Crippen LogP contribution in [-0.4, -0.2) is 31.7 Å². The van der Waals surface area contributed by atoms with Gasteiger partial charge in [-0.05, 0) is 31.7 Å². The summed E-state index contributed by atoms with van der Waals surface area (Å²) in [4.78, 5) is 7.84. The van der Waals surface area contributed by atoms with E-state index in [0.717, 1.165) is 25.0 Å². The molecule has 3 atom stereocenters. The molecular weight excluding hydrogens is 264 g/mol. The number of aromatic nitrogens is 4. The van der Waals surface area contributed by atoms with Crippen molar-refractivity contribution in [2.24, 2.45) is 0 Å². The van der Waals surface area contributed by atoms with Crippen LogP contribution in [0.4, 0.5) is 8.78 Å². The van der Waals surface area contributed by atoms with E-state index in [1.165, 1.54) is 18.8 Å². The van der Waals surface area contributed by atoms with Crippen molar-refractivity contribution in [2.75, 3.05) is 0 Å². The molecule has 2 saturated heterocycles. The largest absolute Gasteiger partial charge is 0.311 e. The van der Waals surface area contributed by atoms with Crippen molar-refractivity contribution in [1.82, 2.24) is 24.9 Å². The van der Waals surface area contributed by atoms with Gasteiger partial charge >= 0.3 is 0 Å². The van der Waals surface area contributed by atoms with Crippen LogP contribution in [0.15, 0.2) is 12.4 Å². The molecule has 4 rings (SSSR count). The normalized spacial score (nSPS) is 29.4. The summed E-state index contributed by atoms with van der Waals surface area (Å²) in [6.07, 6.45) is 3.15. The molecule has 0 amide bonds. The van der Waals surface area contributed by atoms with Gasteiger partial charge in [0.15, 0.2) is 0 Å². The Bertz CT molecular complexity index is 641. The van der Waals surface area contributed by atoms with Gasteiger partial charge in [0, 0.05) is 18.0 Å². The first-order chi connectivity index (χ1) is 9.72. The number of fused-ring (bicyclic) bond motifs is 3. The molecule has 1 N–H and O–H groups in total. The lowest BCUT2D eigenvalue weighted by Crippen LogP contribution is -2.39. The Balaban J connectivity index is 1.83. The van der Waals surface area contributed by atoms with E-state index >= 15 is 0 Å². The number of hydrogen-bond donors (Lipinski definition) is 1. The van der Waals surface area contributed by atoms with Crippen molar-refractivity contribution in [3.63, 3.8) is 0 Å². The van der Waals surface area contributed by atoms with Gasteiger partial charge < -0.3 is 5.32 Å². The minimum absolute atomic E-state index is 0.207. The monoisotopic (exact) mass is 279 g/mol. The van der Waals surface area contributed by atoms with E-state index in [2.05, 4.69) is 20.4 Å². The van der Waals surface area contributed by atoms with Crippen LogP contribution in [0.5, 0.6) is 0 Å². The zero-order valence-corrected chi connectivity index (χ0v) is 10.8. The van der Waals surface area contributed by atoms with E-state index in [-0.39, 0.29) is 17.4 Å². The fourth-order valence-electron chi connectivity index (χ4n) is 3.56. The third-order valence-corrected chi connectivity index (χ3v) is 4.49. The Morgan fingerprint density at radius 2 is 2.10 bits per heavy atom. The van der Waals surface area contributed by atoms with E-state index in [1.807, 2.05) is 0 Å². The average molecular weight is 279 g/mol. The fourth-order valence-corrected chi connectivity index (χ4v) is 3.56. The smallest absolute Gasteiger partial charge is 0.280 e. The lowest BCUT2D eigenvalue weighted by Gasteiger charge is -2.30. The van der Waals surface area contributed by atoms with Crippen molar-refractivity contribution in [3.05, 3.63) is 23.8 Å². The minimum atomic E-state index is -2.58. The topological polar surface area (TPSA) is 55.1 Å². The molecule has 2 fully saturated rings. The molecule has 2 aliphatic heterocycles. The molecule has 1 unspecified atom stereocenters. The van der Waals surface area contributed by atoms with Crippen LogP contribution < -0.4 is 5.32 Å². The Morgan fingerprint density at radius 1 is 1.25 bits per heavy atom. The SMILES string of the molecule is FC(F)c1cc([C@H]2CCC3CC[C@@H]2N3)n2ncnc2n1. The fraction of sp³-hybridized carbons (Fsp3) is 0.615. The number of rotatable bonds is 2. The highest BCUT2D eigenvalue weighted by molar-refractivity contribution is 5.33. The van der Waals surface area contributed by atoms with Crippen LogP contribution in [0, 0.1) is 0 Å². The second-order valence-electron chi connectivity index (χ2n) is 5.61. The predicted molar refractivity (Wildman–Crippen MR) is 67.7 cm³/mol. The van der Waals surface area contributed by atoms with Crippen LogP contribution in [0.3, 0.4) is 0 Å². The lowest BCUT2D eigenvalue weighted by molar-refractivity contribution is 0.146. The van der Waals surface area contributed by atoms with E-state index < -0.39 is 6.43 Å². The van der Waals surface area contributed by atoms with Crippen molar-refractivity contribution in [3.8, 4) is 0 Å². The Kier molecular flexibility index (Phi) is 2.70. The van der Waals surface area contributed by atoms with Gasteiger partial charge in [0.05, 0.1) is 5.69 Å². The third kappa shape index (κ3) is 1.80. The molecular formula is C13H15F2N5. The summed E-state index contributed by atoms with van der Waals surface area (Å²) in [5.41, 5.74) is 0.598. The summed E-state index contributed by atoms with van der Waals surface area (Å²) in [6.45, 7) is 0. The maximum Gasteiger partial charge on any atom is 0.280 e. The van der Waals surface area contributed by atoms with Crippen molar-refractivity contribution >= 4 is 5.78 Å². The molecule has 2 bridgehead atoms. The van der Waals surface area contributed by atoms with Gasteiger partial charge in [-0.1, -0.05) is 0 Å². The van der Waals surface area contributed by atoms with Crippen LogP contribution >= 0.6 is 0 Å². The first-order valence-corrected chi connectivity index (χ1v) is 6.97. The van der Waals surface area contributed by atoms with E-state index in [9.17, 15) is 8.78 Å². The summed E-state index contributed by atoms with van der Waals surface area (Å²) in [7, 11) is 0. The van der Waals surface area contributed by atoms with Crippen molar-refractivity contribution in [1.29, 1.82) is 0 Å². The molecule has 2 aromatic heterocycles. The standard InChI is InChI=1S/C13H15F2N5/c14-12(15)10-5-11(20-13(19-10)16-6-17-20)8-3-1-7-2-4-9(8)18-7/h5-9,12,18H,1-4H2/t7?,8-,9-/m0/s1. The van der Waals surface area contributed by atoms with Gasteiger partial charge in [-0.3, -0.25) is 0 Å². The third-order valence-electron chi connectivity index (χ3n) is 4.49. The number of piperidine rings is 1. The molecule has 4 heterocycles. The summed E-state index contributed by atoms with van der Waals surface area (Å²) in [6, 6.07) is 2.45. The molecule has 0 aromatic carbocycles. The summed E-state index contributed by atoms with van der Waals surface area (Å²) >= 11 is 0. The second kappa shape index (κ2) is 4.44.